The highest BCUT2D eigenvalue weighted by atomic mass is 35.5. The van der Waals surface area contributed by atoms with Crippen molar-refractivity contribution in [3.63, 3.8) is 0 Å². The number of benzene rings is 2. The zero-order chi connectivity index (χ0) is 13.9. The third kappa shape index (κ3) is 2.64. The number of halogens is 2. The molecule has 0 saturated carbocycles. The van der Waals surface area contributed by atoms with Gasteiger partial charge >= 0.3 is 0 Å². The fourth-order valence-corrected chi connectivity index (χ4v) is 2.73. The standard InChI is InChI=1S/C14H9ClFN3S/c15-10-4-3-5-11(16)9(10)8-17-19-14-18-12-6-1-2-7-13(12)20-14/h1-8H,(H,18,19)/b17-8+. The molecule has 6 heteroatoms. The van der Waals surface area contributed by atoms with Crippen molar-refractivity contribution in [3.8, 4) is 0 Å². The molecule has 0 radical (unpaired) electrons. The maximum atomic E-state index is 13.5. The van der Waals surface area contributed by atoms with Crippen LogP contribution in [-0.4, -0.2) is 11.2 Å². The van der Waals surface area contributed by atoms with E-state index in [-0.39, 0.29) is 5.56 Å². The van der Waals surface area contributed by atoms with E-state index in [9.17, 15) is 4.39 Å². The summed E-state index contributed by atoms with van der Waals surface area (Å²) in [5, 5.41) is 4.94. The van der Waals surface area contributed by atoms with E-state index in [2.05, 4.69) is 15.5 Å². The van der Waals surface area contributed by atoms with Crippen LogP contribution in [0.1, 0.15) is 5.56 Å². The highest BCUT2D eigenvalue weighted by Gasteiger charge is 2.04. The number of hydrogen-bond donors (Lipinski definition) is 1. The van der Waals surface area contributed by atoms with Crippen molar-refractivity contribution < 1.29 is 4.39 Å². The topological polar surface area (TPSA) is 37.3 Å². The smallest absolute Gasteiger partial charge is 0.204 e. The first-order chi connectivity index (χ1) is 9.74. The second-order valence-corrected chi connectivity index (χ2v) is 5.43. The van der Waals surface area contributed by atoms with Gasteiger partial charge in [0.2, 0.25) is 5.13 Å². The van der Waals surface area contributed by atoms with Crippen LogP contribution in [0.4, 0.5) is 9.52 Å². The largest absolute Gasteiger partial charge is 0.253 e. The summed E-state index contributed by atoms with van der Waals surface area (Å²) in [5.41, 5.74) is 3.94. The van der Waals surface area contributed by atoms with Crippen molar-refractivity contribution in [3.05, 3.63) is 58.9 Å². The quantitative estimate of drug-likeness (QED) is 0.570. The second-order valence-electron chi connectivity index (χ2n) is 3.99. The normalized spacial score (nSPS) is 11.3. The molecule has 0 saturated heterocycles. The lowest BCUT2D eigenvalue weighted by Gasteiger charge is -1.98. The van der Waals surface area contributed by atoms with E-state index in [0.717, 1.165) is 10.2 Å². The molecule has 100 valence electrons. The van der Waals surface area contributed by atoms with Crippen molar-refractivity contribution in [1.29, 1.82) is 0 Å². The minimum atomic E-state index is -0.410. The lowest BCUT2D eigenvalue weighted by Crippen LogP contribution is -1.93. The summed E-state index contributed by atoms with van der Waals surface area (Å²) in [6, 6.07) is 12.3. The molecule has 1 heterocycles. The van der Waals surface area contributed by atoms with E-state index >= 15 is 0 Å². The van der Waals surface area contributed by atoms with Gasteiger partial charge in [-0.2, -0.15) is 5.10 Å². The van der Waals surface area contributed by atoms with E-state index in [1.165, 1.54) is 23.6 Å². The van der Waals surface area contributed by atoms with Gasteiger partial charge in [0.15, 0.2) is 0 Å². The maximum absolute atomic E-state index is 13.5. The number of anilines is 1. The molecule has 1 aromatic heterocycles. The number of para-hydroxylation sites is 1. The van der Waals surface area contributed by atoms with Gasteiger partial charge in [0.1, 0.15) is 5.82 Å². The van der Waals surface area contributed by atoms with Crippen LogP contribution < -0.4 is 5.43 Å². The predicted molar refractivity (Wildman–Crippen MR) is 82.2 cm³/mol. The molecule has 1 N–H and O–H groups in total. The van der Waals surface area contributed by atoms with Gasteiger partial charge in [-0.15, -0.1) is 0 Å². The third-order valence-electron chi connectivity index (χ3n) is 2.65. The van der Waals surface area contributed by atoms with Crippen LogP contribution in [0.25, 0.3) is 10.2 Å². The number of thiazole rings is 1. The Balaban J connectivity index is 1.80. The summed E-state index contributed by atoms with van der Waals surface area (Å²) in [6.45, 7) is 0. The molecule has 0 aliphatic carbocycles. The molecule has 0 unspecified atom stereocenters. The molecule has 0 amide bonds. The van der Waals surface area contributed by atoms with Crippen LogP contribution >= 0.6 is 22.9 Å². The number of rotatable bonds is 3. The maximum Gasteiger partial charge on any atom is 0.204 e. The van der Waals surface area contributed by atoms with E-state index in [1.807, 2.05) is 24.3 Å². The van der Waals surface area contributed by atoms with Gasteiger partial charge in [0, 0.05) is 5.56 Å². The Morgan fingerprint density at radius 2 is 2.05 bits per heavy atom. The molecule has 20 heavy (non-hydrogen) atoms. The molecule has 3 rings (SSSR count). The molecule has 0 bridgehead atoms. The van der Waals surface area contributed by atoms with Gasteiger partial charge in [-0.25, -0.2) is 9.37 Å². The highest BCUT2D eigenvalue weighted by Crippen LogP contribution is 2.25. The first-order valence-corrected chi connectivity index (χ1v) is 7.02. The Morgan fingerprint density at radius 1 is 1.20 bits per heavy atom. The molecule has 0 aliphatic heterocycles. The Morgan fingerprint density at radius 3 is 2.85 bits per heavy atom. The van der Waals surface area contributed by atoms with Crippen LogP contribution in [0.3, 0.4) is 0 Å². The van der Waals surface area contributed by atoms with E-state index in [1.54, 1.807) is 12.1 Å². The average molecular weight is 306 g/mol. The highest BCUT2D eigenvalue weighted by molar-refractivity contribution is 7.22. The van der Waals surface area contributed by atoms with Gasteiger partial charge < -0.3 is 0 Å². The number of fused-ring (bicyclic) bond motifs is 1. The molecule has 0 atom stereocenters. The van der Waals surface area contributed by atoms with Gasteiger partial charge in [0.05, 0.1) is 21.5 Å². The van der Waals surface area contributed by atoms with Crippen molar-refractivity contribution in [2.24, 2.45) is 5.10 Å². The summed E-state index contributed by atoms with van der Waals surface area (Å²) < 4.78 is 14.6. The van der Waals surface area contributed by atoms with Crippen LogP contribution in [0.5, 0.6) is 0 Å². The summed E-state index contributed by atoms with van der Waals surface area (Å²) in [6.07, 6.45) is 1.35. The van der Waals surface area contributed by atoms with E-state index in [0.29, 0.717) is 10.2 Å². The molecule has 2 aromatic carbocycles. The minimum absolute atomic E-state index is 0.253. The molecule has 3 aromatic rings. The summed E-state index contributed by atoms with van der Waals surface area (Å²) in [4.78, 5) is 4.36. The first-order valence-electron chi connectivity index (χ1n) is 5.83. The summed E-state index contributed by atoms with van der Waals surface area (Å²) in [7, 11) is 0. The fraction of sp³-hybridized carbons (Fsp3) is 0. The lowest BCUT2D eigenvalue weighted by atomic mass is 10.2. The number of hydrazone groups is 1. The van der Waals surface area contributed by atoms with Crippen LogP contribution in [0.15, 0.2) is 47.6 Å². The average Bonchev–Trinajstić information content (AvgIpc) is 2.84. The first kappa shape index (κ1) is 13.0. The minimum Gasteiger partial charge on any atom is -0.253 e. The van der Waals surface area contributed by atoms with Gasteiger partial charge in [-0.3, -0.25) is 5.43 Å². The SMILES string of the molecule is Fc1cccc(Cl)c1/C=N/Nc1nc2ccccc2s1. The Hall–Kier alpha value is -1.98. The van der Waals surface area contributed by atoms with Gasteiger partial charge in [-0.1, -0.05) is 41.1 Å². The van der Waals surface area contributed by atoms with Crippen molar-refractivity contribution in [2.45, 2.75) is 0 Å². The Bertz CT molecular complexity index is 732. The Labute approximate surface area is 123 Å². The van der Waals surface area contributed by atoms with Crippen molar-refractivity contribution >= 4 is 44.5 Å². The van der Waals surface area contributed by atoms with Crippen molar-refractivity contribution in [2.75, 3.05) is 5.43 Å². The van der Waals surface area contributed by atoms with Crippen LogP contribution in [0.2, 0.25) is 5.02 Å². The Kier molecular flexibility index (Phi) is 3.62. The van der Waals surface area contributed by atoms with E-state index in [4.69, 9.17) is 11.6 Å². The predicted octanol–water partition coefficient (Wildman–Crippen LogP) is 4.53. The zero-order valence-corrected chi connectivity index (χ0v) is 11.7. The van der Waals surface area contributed by atoms with Crippen molar-refractivity contribution in [1.82, 2.24) is 4.98 Å². The molecule has 0 aliphatic rings. The lowest BCUT2D eigenvalue weighted by molar-refractivity contribution is 0.626. The number of hydrogen-bond acceptors (Lipinski definition) is 4. The van der Waals surface area contributed by atoms with Gasteiger partial charge in [-0.05, 0) is 24.3 Å². The van der Waals surface area contributed by atoms with Crippen LogP contribution in [0, 0.1) is 5.82 Å². The van der Waals surface area contributed by atoms with Gasteiger partial charge in [0.25, 0.3) is 0 Å². The monoisotopic (exact) mass is 305 g/mol. The summed E-state index contributed by atoms with van der Waals surface area (Å²) >= 11 is 7.38. The van der Waals surface area contributed by atoms with Crippen LogP contribution in [-0.2, 0) is 0 Å². The fourth-order valence-electron chi connectivity index (χ4n) is 1.71. The number of aromatic nitrogens is 1. The molecular weight excluding hydrogens is 297 g/mol. The third-order valence-corrected chi connectivity index (χ3v) is 3.92. The molecule has 0 fully saturated rings. The van der Waals surface area contributed by atoms with E-state index < -0.39 is 5.82 Å². The molecule has 0 spiro atoms. The number of nitrogens with zero attached hydrogens (tertiary/aromatic N) is 2. The summed E-state index contributed by atoms with van der Waals surface area (Å²) in [5.74, 6) is -0.410. The molecule has 3 nitrogen and oxygen atoms in total. The number of nitrogens with one attached hydrogen (secondary N) is 1. The second kappa shape index (κ2) is 5.56. The zero-order valence-electron chi connectivity index (χ0n) is 10.2. The molecular formula is C14H9ClFN3S.